The number of hydroxylamine groups is 1. The van der Waals surface area contributed by atoms with Gasteiger partial charge in [0.15, 0.2) is 11.6 Å². The van der Waals surface area contributed by atoms with E-state index in [-0.39, 0.29) is 11.9 Å². The van der Waals surface area contributed by atoms with Gasteiger partial charge in [-0.1, -0.05) is 31.4 Å². The molecule has 2 N–H and O–H groups in total. The Morgan fingerprint density at radius 2 is 1.95 bits per heavy atom. The molecule has 0 amide bonds. The number of benzene rings is 1. The number of rotatable bonds is 6. The quantitative estimate of drug-likeness (QED) is 0.364. The summed E-state index contributed by atoms with van der Waals surface area (Å²) in [5, 5.41) is 8.40. The average Bonchev–Trinajstić information content (AvgIpc) is 2.49. The van der Waals surface area contributed by atoms with Crippen molar-refractivity contribution in [3.8, 4) is 5.75 Å². The number of ether oxygens (including phenoxy) is 2. The molecule has 0 spiro atoms. The standard InChI is InChI=1S/C11H14O.C6H12N2O2/c1-4-10-5-7-11(8-6-10)12-9(2)3;1-4-10-5(2)6(7-3)8-9/h4-9H,1H2,2-3H3;9H,2,4H2,1,3H3,(H,7,8). The fourth-order valence-corrected chi connectivity index (χ4v) is 1.43. The van der Waals surface area contributed by atoms with E-state index in [1.165, 1.54) is 7.05 Å². The van der Waals surface area contributed by atoms with Gasteiger partial charge >= 0.3 is 0 Å². The van der Waals surface area contributed by atoms with E-state index in [2.05, 4.69) is 18.2 Å². The number of nitrogens with zero attached hydrogens (tertiary/aromatic N) is 1. The number of aliphatic imine (C=N–C) groups is 1. The van der Waals surface area contributed by atoms with Crippen LogP contribution in [0.25, 0.3) is 6.08 Å². The molecule has 0 aliphatic carbocycles. The van der Waals surface area contributed by atoms with E-state index in [0.717, 1.165) is 11.3 Å². The van der Waals surface area contributed by atoms with Crippen molar-refractivity contribution in [2.45, 2.75) is 26.9 Å². The van der Waals surface area contributed by atoms with Crippen LogP contribution in [0.15, 0.2) is 48.2 Å². The molecule has 0 fully saturated rings. The Labute approximate surface area is 132 Å². The topological polar surface area (TPSA) is 63.1 Å². The molecule has 0 radical (unpaired) electrons. The van der Waals surface area contributed by atoms with Crippen LogP contribution in [0.3, 0.4) is 0 Å². The zero-order chi connectivity index (χ0) is 17.0. The molecule has 0 bridgehead atoms. The van der Waals surface area contributed by atoms with Crippen molar-refractivity contribution < 1.29 is 14.7 Å². The third-order valence-electron chi connectivity index (χ3n) is 2.40. The minimum atomic E-state index is 0.236. The Bertz CT molecular complexity index is 479. The van der Waals surface area contributed by atoms with Crippen LogP contribution in [-0.4, -0.2) is 30.8 Å². The molecule has 0 aromatic heterocycles. The number of amidine groups is 1. The van der Waals surface area contributed by atoms with Gasteiger partial charge in [0, 0.05) is 7.05 Å². The van der Waals surface area contributed by atoms with Crippen molar-refractivity contribution >= 4 is 11.9 Å². The van der Waals surface area contributed by atoms with Crippen molar-refractivity contribution in [3.05, 3.63) is 48.7 Å². The second kappa shape index (κ2) is 11.4. The lowest BCUT2D eigenvalue weighted by atomic mass is 10.2. The molecule has 1 rings (SSSR count). The Kier molecular flexibility index (Phi) is 10.2. The molecule has 0 unspecified atom stereocenters. The summed E-state index contributed by atoms with van der Waals surface area (Å²) in [6.07, 6.45) is 2.05. The highest BCUT2D eigenvalue weighted by atomic mass is 16.5. The predicted molar refractivity (Wildman–Crippen MR) is 91.3 cm³/mol. The molecule has 5 heteroatoms. The van der Waals surface area contributed by atoms with E-state index >= 15 is 0 Å². The molecule has 0 saturated carbocycles. The SMILES string of the molecule is C=C(OCC)C(=NC)NO.C=Cc1ccc(OC(C)C)cc1. The summed E-state index contributed by atoms with van der Waals surface area (Å²) in [6, 6.07) is 7.89. The van der Waals surface area contributed by atoms with Crippen LogP contribution in [0.4, 0.5) is 0 Å². The summed E-state index contributed by atoms with van der Waals surface area (Å²) in [4.78, 5) is 3.66. The second-order valence-electron chi connectivity index (χ2n) is 4.48. The Hall–Kier alpha value is -2.27. The van der Waals surface area contributed by atoms with E-state index in [1.54, 1.807) is 0 Å². The molecule has 0 heterocycles. The Morgan fingerprint density at radius 3 is 2.32 bits per heavy atom. The van der Waals surface area contributed by atoms with Crippen LogP contribution in [-0.2, 0) is 4.74 Å². The van der Waals surface area contributed by atoms with Crippen molar-refractivity contribution in [2.75, 3.05) is 13.7 Å². The van der Waals surface area contributed by atoms with E-state index < -0.39 is 0 Å². The van der Waals surface area contributed by atoms with Gasteiger partial charge in [-0.3, -0.25) is 10.2 Å². The summed E-state index contributed by atoms with van der Waals surface area (Å²) in [6.45, 7) is 13.6. The van der Waals surface area contributed by atoms with Crippen molar-refractivity contribution in [1.82, 2.24) is 5.48 Å². The highest BCUT2D eigenvalue weighted by molar-refractivity contribution is 5.94. The van der Waals surface area contributed by atoms with Crippen LogP contribution >= 0.6 is 0 Å². The van der Waals surface area contributed by atoms with Gasteiger partial charge in [-0.2, -0.15) is 0 Å². The predicted octanol–water partition coefficient (Wildman–Crippen LogP) is 3.66. The molecule has 0 aliphatic rings. The molecule has 0 atom stereocenters. The third-order valence-corrected chi connectivity index (χ3v) is 2.40. The van der Waals surface area contributed by atoms with E-state index in [4.69, 9.17) is 14.7 Å². The van der Waals surface area contributed by atoms with Gasteiger partial charge in [0.1, 0.15) is 5.75 Å². The van der Waals surface area contributed by atoms with Crippen molar-refractivity contribution in [2.24, 2.45) is 4.99 Å². The highest BCUT2D eigenvalue weighted by Gasteiger charge is 2.00. The van der Waals surface area contributed by atoms with Gasteiger partial charge in [-0.15, -0.1) is 0 Å². The first-order chi connectivity index (χ1) is 10.5. The van der Waals surface area contributed by atoms with Crippen LogP contribution in [0, 0.1) is 0 Å². The summed E-state index contributed by atoms with van der Waals surface area (Å²) in [5.74, 6) is 1.50. The molecular weight excluding hydrogens is 280 g/mol. The Morgan fingerprint density at radius 1 is 1.36 bits per heavy atom. The van der Waals surface area contributed by atoms with Gasteiger partial charge in [0.25, 0.3) is 0 Å². The van der Waals surface area contributed by atoms with Crippen LogP contribution in [0.5, 0.6) is 5.75 Å². The van der Waals surface area contributed by atoms with Crippen LogP contribution < -0.4 is 10.2 Å². The average molecular weight is 306 g/mol. The number of hydrogen-bond acceptors (Lipinski definition) is 4. The van der Waals surface area contributed by atoms with E-state index in [9.17, 15) is 0 Å². The molecule has 122 valence electrons. The largest absolute Gasteiger partial charge is 0.491 e. The normalized spacial score (nSPS) is 10.4. The molecule has 1 aromatic carbocycles. The van der Waals surface area contributed by atoms with Gasteiger partial charge in [0.05, 0.1) is 12.7 Å². The fraction of sp³-hybridized carbons (Fsp3) is 0.353. The maximum absolute atomic E-state index is 8.40. The maximum atomic E-state index is 8.40. The zero-order valence-electron chi connectivity index (χ0n) is 13.8. The lowest BCUT2D eigenvalue weighted by molar-refractivity contribution is 0.211. The summed E-state index contributed by atoms with van der Waals surface area (Å²) < 4.78 is 10.4. The van der Waals surface area contributed by atoms with Crippen molar-refractivity contribution in [1.29, 1.82) is 0 Å². The van der Waals surface area contributed by atoms with Gasteiger partial charge < -0.3 is 9.47 Å². The number of hydrogen-bond donors (Lipinski definition) is 2. The molecule has 5 nitrogen and oxygen atoms in total. The maximum Gasteiger partial charge on any atom is 0.187 e. The van der Waals surface area contributed by atoms with Gasteiger partial charge in [-0.05, 0) is 38.5 Å². The zero-order valence-corrected chi connectivity index (χ0v) is 13.8. The van der Waals surface area contributed by atoms with Crippen LogP contribution in [0.2, 0.25) is 0 Å². The Balaban J connectivity index is 0.000000409. The fourth-order valence-electron chi connectivity index (χ4n) is 1.43. The third kappa shape index (κ3) is 8.11. The summed E-state index contributed by atoms with van der Waals surface area (Å²) in [7, 11) is 1.53. The minimum Gasteiger partial charge on any atom is -0.491 e. The molecule has 22 heavy (non-hydrogen) atoms. The lowest BCUT2D eigenvalue weighted by Crippen LogP contribution is -2.22. The lowest BCUT2D eigenvalue weighted by Gasteiger charge is -2.08. The van der Waals surface area contributed by atoms with Crippen LogP contribution in [0.1, 0.15) is 26.3 Å². The molecule has 1 aromatic rings. The first kappa shape index (κ1) is 19.7. The first-order valence-electron chi connectivity index (χ1n) is 7.06. The highest BCUT2D eigenvalue weighted by Crippen LogP contribution is 2.13. The smallest absolute Gasteiger partial charge is 0.187 e. The summed E-state index contributed by atoms with van der Waals surface area (Å²) >= 11 is 0. The minimum absolute atomic E-state index is 0.236. The number of nitrogens with one attached hydrogen (secondary N) is 1. The van der Waals surface area contributed by atoms with Gasteiger partial charge in [-0.25, -0.2) is 5.48 Å². The molecular formula is C17H26N2O3. The van der Waals surface area contributed by atoms with Gasteiger partial charge in [0.2, 0.25) is 0 Å². The van der Waals surface area contributed by atoms with Crippen molar-refractivity contribution in [3.63, 3.8) is 0 Å². The molecule has 0 saturated heterocycles. The second-order valence-corrected chi connectivity index (χ2v) is 4.48. The summed E-state index contributed by atoms with van der Waals surface area (Å²) in [5.41, 5.74) is 2.98. The molecule has 0 aliphatic heterocycles. The van der Waals surface area contributed by atoms with E-state index in [1.807, 2.05) is 56.6 Å². The monoisotopic (exact) mass is 306 g/mol. The van der Waals surface area contributed by atoms with E-state index in [0.29, 0.717) is 12.4 Å². The first-order valence-corrected chi connectivity index (χ1v) is 7.06.